The molecular formula is C17H24FNO. The highest BCUT2D eigenvalue weighted by atomic mass is 19.1. The molecule has 0 saturated heterocycles. The zero-order chi connectivity index (χ0) is 14.8. The van der Waals surface area contributed by atoms with Gasteiger partial charge in [-0.2, -0.15) is 0 Å². The Balaban J connectivity index is 2.10. The molecule has 3 heteroatoms. The number of anilines is 1. The Labute approximate surface area is 121 Å². The summed E-state index contributed by atoms with van der Waals surface area (Å²) in [5.74, 6) is 0.257. The van der Waals surface area contributed by atoms with Crippen LogP contribution in [0.5, 0.6) is 0 Å². The molecule has 0 N–H and O–H groups in total. The Kier molecular flexibility index (Phi) is 4.46. The molecule has 2 rings (SSSR count). The molecule has 1 unspecified atom stereocenters. The van der Waals surface area contributed by atoms with Crippen molar-refractivity contribution in [1.29, 1.82) is 0 Å². The van der Waals surface area contributed by atoms with Crippen LogP contribution in [0.15, 0.2) is 24.3 Å². The zero-order valence-electron chi connectivity index (χ0n) is 12.7. The van der Waals surface area contributed by atoms with Crippen LogP contribution in [0.3, 0.4) is 0 Å². The largest absolute Gasteiger partial charge is 0.371 e. The molecule has 20 heavy (non-hydrogen) atoms. The van der Waals surface area contributed by atoms with Crippen molar-refractivity contribution in [3.63, 3.8) is 0 Å². The van der Waals surface area contributed by atoms with Crippen LogP contribution < -0.4 is 4.90 Å². The van der Waals surface area contributed by atoms with Gasteiger partial charge in [-0.15, -0.1) is 0 Å². The molecule has 0 aliphatic heterocycles. The summed E-state index contributed by atoms with van der Waals surface area (Å²) in [7, 11) is 0. The fraction of sp³-hybridized carbons (Fsp3) is 0.588. The van der Waals surface area contributed by atoms with Gasteiger partial charge < -0.3 is 4.90 Å². The summed E-state index contributed by atoms with van der Waals surface area (Å²) >= 11 is 0. The summed E-state index contributed by atoms with van der Waals surface area (Å²) in [6, 6.07) is 6.53. The van der Waals surface area contributed by atoms with Gasteiger partial charge in [-0.25, -0.2) is 4.39 Å². The third kappa shape index (κ3) is 3.20. The van der Waals surface area contributed by atoms with E-state index >= 15 is 0 Å². The summed E-state index contributed by atoms with van der Waals surface area (Å²) in [5.41, 5.74) is 0.801. The summed E-state index contributed by atoms with van der Waals surface area (Å²) in [6.07, 6.45) is 3.08. The van der Waals surface area contributed by atoms with E-state index in [1.165, 1.54) is 12.1 Å². The van der Waals surface area contributed by atoms with Crippen LogP contribution in [0.2, 0.25) is 0 Å². The van der Waals surface area contributed by atoms with Gasteiger partial charge in [0.2, 0.25) is 0 Å². The van der Waals surface area contributed by atoms with E-state index in [9.17, 15) is 9.18 Å². The van der Waals surface area contributed by atoms with E-state index in [4.69, 9.17) is 0 Å². The van der Waals surface area contributed by atoms with Crippen LogP contribution >= 0.6 is 0 Å². The maximum atomic E-state index is 13.0. The van der Waals surface area contributed by atoms with Crippen LogP contribution in [0, 0.1) is 17.2 Å². The monoisotopic (exact) mass is 277 g/mol. The van der Waals surface area contributed by atoms with Crippen molar-refractivity contribution in [1.82, 2.24) is 0 Å². The lowest BCUT2D eigenvalue weighted by molar-refractivity contribution is -0.133. The lowest BCUT2D eigenvalue weighted by atomic mass is 9.71. The molecule has 1 fully saturated rings. The first-order valence-electron chi connectivity index (χ1n) is 7.49. The number of benzene rings is 1. The maximum absolute atomic E-state index is 13.0. The normalized spacial score (nSPS) is 21.8. The fourth-order valence-corrected chi connectivity index (χ4v) is 3.11. The Morgan fingerprint density at radius 1 is 1.30 bits per heavy atom. The van der Waals surface area contributed by atoms with Gasteiger partial charge in [0, 0.05) is 30.1 Å². The first-order valence-corrected chi connectivity index (χ1v) is 7.49. The van der Waals surface area contributed by atoms with Crippen LogP contribution in [0.1, 0.15) is 40.0 Å². The molecule has 1 aliphatic rings. The molecule has 0 amide bonds. The third-order valence-corrected chi connectivity index (χ3v) is 4.41. The van der Waals surface area contributed by atoms with E-state index in [0.29, 0.717) is 5.78 Å². The standard InChI is InChI=1S/C17H24FNO/c1-4-19(15-9-7-14(18)8-10-15)12-13-6-5-11-17(2,3)16(13)20/h7-10,13H,4-6,11-12H2,1-3H3. The van der Waals surface area contributed by atoms with Gasteiger partial charge in [-0.3, -0.25) is 4.79 Å². The van der Waals surface area contributed by atoms with Crippen molar-refractivity contribution in [2.45, 2.75) is 40.0 Å². The molecule has 1 aromatic carbocycles. The van der Waals surface area contributed by atoms with E-state index in [0.717, 1.165) is 38.0 Å². The number of hydrogen-bond acceptors (Lipinski definition) is 2. The van der Waals surface area contributed by atoms with Gasteiger partial charge in [0.25, 0.3) is 0 Å². The highest BCUT2D eigenvalue weighted by Crippen LogP contribution is 2.36. The van der Waals surface area contributed by atoms with Gasteiger partial charge in [0.05, 0.1) is 0 Å². The summed E-state index contributed by atoms with van der Waals surface area (Å²) in [5, 5.41) is 0. The molecule has 1 atom stereocenters. The molecule has 1 aromatic rings. The van der Waals surface area contributed by atoms with Crippen molar-refractivity contribution in [3.8, 4) is 0 Å². The zero-order valence-corrected chi connectivity index (χ0v) is 12.7. The van der Waals surface area contributed by atoms with Crippen LogP contribution in [0.4, 0.5) is 10.1 Å². The van der Waals surface area contributed by atoms with Crippen molar-refractivity contribution in [3.05, 3.63) is 30.1 Å². The Morgan fingerprint density at radius 2 is 1.95 bits per heavy atom. The number of hydrogen-bond donors (Lipinski definition) is 0. The van der Waals surface area contributed by atoms with Gasteiger partial charge in [0.1, 0.15) is 11.6 Å². The molecule has 0 aromatic heterocycles. The Bertz CT molecular complexity index is 466. The maximum Gasteiger partial charge on any atom is 0.143 e. The fourth-order valence-electron chi connectivity index (χ4n) is 3.11. The topological polar surface area (TPSA) is 20.3 Å². The number of carbonyl (C=O) groups excluding carboxylic acids is 1. The number of halogens is 1. The highest BCUT2D eigenvalue weighted by Gasteiger charge is 2.37. The van der Waals surface area contributed by atoms with Crippen molar-refractivity contribution in [2.75, 3.05) is 18.0 Å². The Morgan fingerprint density at radius 3 is 2.55 bits per heavy atom. The van der Waals surface area contributed by atoms with E-state index < -0.39 is 0 Å². The molecule has 2 nitrogen and oxygen atoms in total. The number of nitrogens with zero attached hydrogens (tertiary/aromatic N) is 1. The average Bonchev–Trinajstić information content (AvgIpc) is 2.42. The molecule has 0 heterocycles. The van der Waals surface area contributed by atoms with E-state index in [1.54, 1.807) is 12.1 Å². The predicted molar refractivity (Wildman–Crippen MR) is 80.4 cm³/mol. The molecule has 110 valence electrons. The molecule has 1 aliphatic carbocycles. The minimum absolute atomic E-state index is 0.101. The van der Waals surface area contributed by atoms with Crippen LogP contribution in [0.25, 0.3) is 0 Å². The molecular weight excluding hydrogens is 253 g/mol. The van der Waals surface area contributed by atoms with Crippen molar-refractivity contribution >= 4 is 11.5 Å². The lowest BCUT2D eigenvalue weighted by Crippen LogP contribution is -2.41. The van der Waals surface area contributed by atoms with Crippen molar-refractivity contribution in [2.24, 2.45) is 11.3 Å². The average molecular weight is 277 g/mol. The smallest absolute Gasteiger partial charge is 0.143 e. The second kappa shape index (κ2) is 5.94. The van der Waals surface area contributed by atoms with E-state index in [-0.39, 0.29) is 17.2 Å². The Hall–Kier alpha value is -1.38. The van der Waals surface area contributed by atoms with Gasteiger partial charge in [0.15, 0.2) is 0 Å². The quantitative estimate of drug-likeness (QED) is 0.827. The SMILES string of the molecule is CCN(CC1CCCC(C)(C)C1=O)c1ccc(F)cc1. The number of rotatable bonds is 4. The second-order valence-corrected chi connectivity index (χ2v) is 6.35. The van der Waals surface area contributed by atoms with Crippen LogP contribution in [-0.4, -0.2) is 18.9 Å². The highest BCUT2D eigenvalue weighted by molar-refractivity contribution is 5.87. The van der Waals surface area contributed by atoms with Gasteiger partial charge in [-0.05, 0) is 44.0 Å². The van der Waals surface area contributed by atoms with E-state index in [1.807, 2.05) is 0 Å². The summed E-state index contributed by atoms with van der Waals surface area (Å²) < 4.78 is 13.0. The molecule has 0 radical (unpaired) electrons. The predicted octanol–water partition coefficient (Wildman–Crippen LogP) is 4.05. The summed E-state index contributed by atoms with van der Waals surface area (Å²) in [6.45, 7) is 7.74. The molecule has 0 spiro atoms. The molecule has 1 saturated carbocycles. The van der Waals surface area contributed by atoms with E-state index in [2.05, 4.69) is 25.7 Å². The van der Waals surface area contributed by atoms with Crippen LogP contribution in [-0.2, 0) is 4.79 Å². The lowest BCUT2D eigenvalue weighted by Gasteiger charge is -2.36. The first-order chi connectivity index (χ1) is 9.44. The van der Waals surface area contributed by atoms with Gasteiger partial charge in [-0.1, -0.05) is 20.3 Å². The number of carbonyl (C=O) groups is 1. The third-order valence-electron chi connectivity index (χ3n) is 4.41. The first kappa shape index (κ1) is 15.0. The van der Waals surface area contributed by atoms with Crippen molar-refractivity contribution < 1.29 is 9.18 Å². The summed E-state index contributed by atoms with van der Waals surface area (Å²) in [4.78, 5) is 14.7. The van der Waals surface area contributed by atoms with Gasteiger partial charge >= 0.3 is 0 Å². The second-order valence-electron chi connectivity index (χ2n) is 6.35. The number of ketones is 1. The minimum Gasteiger partial charge on any atom is -0.371 e. The number of Topliss-reactive ketones (excluding diaryl/α,β-unsaturated/α-hetero) is 1. The molecule has 0 bridgehead atoms. The minimum atomic E-state index is -0.223.